The molecule has 94 valence electrons. The van der Waals surface area contributed by atoms with Crippen LogP contribution in [0.25, 0.3) is 0 Å². The van der Waals surface area contributed by atoms with Gasteiger partial charge in [0.05, 0.1) is 22.4 Å². The maximum absolute atomic E-state index is 10.7. The third kappa shape index (κ3) is 2.30. The molecule has 0 saturated heterocycles. The zero-order chi connectivity index (χ0) is 13.3. The second-order valence-corrected chi connectivity index (χ2v) is 3.69. The molecule has 0 aromatic carbocycles. The van der Waals surface area contributed by atoms with Gasteiger partial charge in [-0.15, -0.1) is 0 Å². The van der Waals surface area contributed by atoms with Crippen LogP contribution >= 0.6 is 11.6 Å². The lowest BCUT2D eigenvalue weighted by molar-refractivity contribution is -0.389. The van der Waals surface area contributed by atoms with E-state index in [9.17, 15) is 14.9 Å². The van der Waals surface area contributed by atoms with Crippen molar-refractivity contribution in [3.05, 3.63) is 39.3 Å². The summed E-state index contributed by atoms with van der Waals surface area (Å²) in [7, 11) is 0. The number of nitrogens with zero attached hydrogens (tertiary/aromatic N) is 5. The number of nitro groups is 1. The highest BCUT2D eigenvalue weighted by Gasteiger charge is 2.16. The molecule has 0 aliphatic carbocycles. The Labute approximate surface area is 104 Å². The molecule has 9 nitrogen and oxygen atoms in total. The third-order valence-electron chi connectivity index (χ3n) is 2.02. The molecule has 0 fully saturated rings. The first-order chi connectivity index (χ1) is 8.47. The molecular weight excluding hydrogens is 266 g/mol. The van der Waals surface area contributed by atoms with Gasteiger partial charge in [-0.05, 0) is 4.92 Å². The van der Waals surface area contributed by atoms with Crippen molar-refractivity contribution in [2.45, 2.75) is 6.67 Å². The number of aromatic nitrogens is 4. The molecule has 0 bridgehead atoms. The van der Waals surface area contributed by atoms with Crippen molar-refractivity contribution >= 4 is 23.4 Å². The molecule has 2 aromatic rings. The van der Waals surface area contributed by atoms with E-state index in [1.165, 1.54) is 27.8 Å². The van der Waals surface area contributed by atoms with Gasteiger partial charge in [-0.1, -0.05) is 11.6 Å². The SMILES string of the molecule is O=C(O)c1nn(Cn2ccc([N+](=O)[O-])n2)cc1Cl. The lowest BCUT2D eigenvalue weighted by Crippen LogP contribution is -2.10. The van der Waals surface area contributed by atoms with Crippen LogP contribution in [0.1, 0.15) is 10.5 Å². The number of carbonyl (C=O) groups is 1. The van der Waals surface area contributed by atoms with Crippen molar-refractivity contribution < 1.29 is 14.8 Å². The van der Waals surface area contributed by atoms with Gasteiger partial charge in [-0.25, -0.2) is 9.48 Å². The van der Waals surface area contributed by atoms with E-state index >= 15 is 0 Å². The van der Waals surface area contributed by atoms with Crippen molar-refractivity contribution in [3.63, 3.8) is 0 Å². The molecule has 0 atom stereocenters. The molecule has 0 aliphatic heterocycles. The molecule has 1 N–H and O–H groups in total. The number of carboxylic acid groups (broad SMARTS) is 1. The van der Waals surface area contributed by atoms with Crippen LogP contribution in [0.5, 0.6) is 0 Å². The van der Waals surface area contributed by atoms with Crippen molar-refractivity contribution in [2.24, 2.45) is 0 Å². The summed E-state index contributed by atoms with van der Waals surface area (Å²) in [6.07, 6.45) is 2.69. The zero-order valence-electron chi connectivity index (χ0n) is 8.73. The summed E-state index contributed by atoms with van der Waals surface area (Å²) in [5.74, 6) is -1.54. The lowest BCUT2D eigenvalue weighted by atomic mass is 10.4. The lowest BCUT2D eigenvalue weighted by Gasteiger charge is -1.96. The molecular formula is C8H6ClN5O4. The second kappa shape index (κ2) is 4.45. The van der Waals surface area contributed by atoms with Crippen molar-refractivity contribution in [2.75, 3.05) is 0 Å². The van der Waals surface area contributed by atoms with Crippen LogP contribution in [0, 0.1) is 10.1 Å². The Kier molecular flexibility index (Phi) is 2.98. The first-order valence-corrected chi connectivity index (χ1v) is 4.99. The number of halogens is 1. The summed E-state index contributed by atoms with van der Waals surface area (Å²) in [6.45, 7) is 0.0286. The van der Waals surface area contributed by atoms with Gasteiger partial charge in [0.15, 0.2) is 12.4 Å². The first-order valence-electron chi connectivity index (χ1n) is 4.61. The molecule has 0 spiro atoms. The largest absolute Gasteiger partial charge is 0.476 e. The standard InChI is InChI=1S/C8H6ClN5O4/c9-5-3-13(11-7(5)8(15)16)4-12-2-1-6(10-12)14(17)18/h1-3H,4H2,(H,15,16). The first kappa shape index (κ1) is 12.0. The van der Waals surface area contributed by atoms with E-state index in [-0.39, 0.29) is 23.2 Å². The number of hydrogen-bond donors (Lipinski definition) is 1. The summed E-state index contributed by atoms with van der Waals surface area (Å²) in [5.41, 5.74) is -0.279. The average molecular weight is 272 g/mol. The van der Waals surface area contributed by atoms with Crippen LogP contribution in [0.15, 0.2) is 18.5 Å². The normalized spacial score (nSPS) is 10.5. The molecule has 0 aliphatic rings. The monoisotopic (exact) mass is 271 g/mol. The van der Waals surface area contributed by atoms with E-state index in [2.05, 4.69) is 10.2 Å². The highest BCUT2D eigenvalue weighted by Crippen LogP contribution is 2.14. The highest BCUT2D eigenvalue weighted by molar-refractivity contribution is 6.33. The van der Waals surface area contributed by atoms with E-state index in [0.29, 0.717) is 0 Å². The summed E-state index contributed by atoms with van der Waals surface area (Å²) in [4.78, 5) is 20.5. The molecule has 0 amide bonds. The fraction of sp³-hybridized carbons (Fsp3) is 0.125. The molecule has 18 heavy (non-hydrogen) atoms. The van der Waals surface area contributed by atoms with Gasteiger partial charge in [0.25, 0.3) is 0 Å². The van der Waals surface area contributed by atoms with Crippen LogP contribution in [-0.2, 0) is 6.67 Å². The fourth-order valence-electron chi connectivity index (χ4n) is 1.29. The average Bonchev–Trinajstić information content (AvgIpc) is 2.86. The van der Waals surface area contributed by atoms with E-state index in [0.717, 1.165) is 0 Å². The minimum atomic E-state index is -1.25. The Morgan fingerprint density at radius 1 is 1.50 bits per heavy atom. The number of carboxylic acids is 1. The molecule has 2 aromatic heterocycles. The van der Waals surface area contributed by atoms with Gasteiger partial charge in [-0.2, -0.15) is 9.78 Å². The van der Waals surface area contributed by atoms with Gasteiger partial charge in [0.1, 0.15) is 0 Å². The van der Waals surface area contributed by atoms with Crippen LogP contribution in [0.3, 0.4) is 0 Å². The summed E-state index contributed by atoms with van der Waals surface area (Å²) in [6, 6.07) is 1.23. The topological polar surface area (TPSA) is 116 Å². The number of hydrogen-bond acceptors (Lipinski definition) is 5. The summed E-state index contributed by atoms with van der Waals surface area (Å²) >= 11 is 5.66. The molecule has 2 heterocycles. The molecule has 0 saturated carbocycles. The Morgan fingerprint density at radius 3 is 2.72 bits per heavy atom. The molecule has 10 heteroatoms. The Bertz CT molecular complexity index is 619. The predicted molar refractivity (Wildman–Crippen MR) is 58.5 cm³/mol. The zero-order valence-corrected chi connectivity index (χ0v) is 9.48. The number of rotatable bonds is 4. The van der Waals surface area contributed by atoms with Crippen LogP contribution in [0.2, 0.25) is 5.02 Å². The van der Waals surface area contributed by atoms with Gasteiger partial charge >= 0.3 is 11.8 Å². The Hall–Kier alpha value is -2.42. The summed E-state index contributed by atoms with van der Waals surface area (Å²) < 4.78 is 2.47. The predicted octanol–water partition coefficient (Wildman–Crippen LogP) is 0.845. The van der Waals surface area contributed by atoms with E-state index in [1.807, 2.05) is 0 Å². The maximum atomic E-state index is 10.7. The minimum Gasteiger partial charge on any atom is -0.476 e. The van der Waals surface area contributed by atoms with E-state index in [4.69, 9.17) is 16.7 Å². The quantitative estimate of drug-likeness (QED) is 0.651. The second-order valence-electron chi connectivity index (χ2n) is 3.28. The van der Waals surface area contributed by atoms with Gasteiger partial charge < -0.3 is 15.2 Å². The minimum absolute atomic E-state index is 0.0100. The Balaban J connectivity index is 2.20. The van der Waals surface area contributed by atoms with Crippen molar-refractivity contribution in [3.8, 4) is 0 Å². The van der Waals surface area contributed by atoms with Crippen molar-refractivity contribution in [1.29, 1.82) is 0 Å². The van der Waals surface area contributed by atoms with Crippen LogP contribution in [0.4, 0.5) is 5.82 Å². The Morgan fingerprint density at radius 2 is 2.22 bits per heavy atom. The molecule has 0 radical (unpaired) electrons. The van der Waals surface area contributed by atoms with Crippen LogP contribution in [-0.4, -0.2) is 35.6 Å². The van der Waals surface area contributed by atoms with Crippen molar-refractivity contribution in [1.82, 2.24) is 19.6 Å². The van der Waals surface area contributed by atoms with Gasteiger partial charge in [0, 0.05) is 6.20 Å². The fourth-order valence-corrected chi connectivity index (χ4v) is 1.52. The van der Waals surface area contributed by atoms with E-state index in [1.54, 1.807) is 0 Å². The molecule has 0 unspecified atom stereocenters. The molecule has 2 rings (SSSR count). The van der Waals surface area contributed by atoms with Crippen LogP contribution < -0.4 is 0 Å². The summed E-state index contributed by atoms with van der Waals surface area (Å²) in [5, 5.41) is 26.5. The smallest absolute Gasteiger partial charge is 0.389 e. The third-order valence-corrected chi connectivity index (χ3v) is 2.30. The number of aromatic carboxylic acids is 1. The maximum Gasteiger partial charge on any atom is 0.389 e. The van der Waals surface area contributed by atoms with Gasteiger partial charge in [-0.3, -0.25) is 0 Å². The van der Waals surface area contributed by atoms with Gasteiger partial charge in [0.2, 0.25) is 0 Å². The highest BCUT2D eigenvalue weighted by atomic mass is 35.5. The van der Waals surface area contributed by atoms with E-state index < -0.39 is 10.9 Å².